The van der Waals surface area contributed by atoms with E-state index in [4.69, 9.17) is 0 Å². The average Bonchev–Trinajstić information content (AvgIpc) is 2.25. The first-order chi connectivity index (χ1) is 9.00. The molecule has 0 saturated heterocycles. The van der Waals surface area contributed by atoms with Crippen LogP contribution in [0.1, 0.15) is 11.7 Å². The van der Waals surface area contributed by atoms with Gasteiger partial charge in [-0.15, -0.1) is 0 Å². The molecule has 0 bridgehead atoms. The summed E-state index contributed by atoms with van der Waals surface area (Å²) >= 11 is 0. The first kappa shape index (κ1) is 16.5. The Kier molecular flexibility index (Phi) is 4.52. The van der Waals surface area contributed by atoms with Crippen molar-refractivity contribution in [3.8, 4) is 5.75 Å². The number of ether oxygens (including phenoxy) is 1. The second kappa shape index (κ2) is 5.47. The quantitative estimate of drug-likeness (QED) is 0.865. The number of alkyl halides is 6. The van der Waals surface area contributed by atoms with Crippen molar-refractivity contribution in [2.45, 2.75) is 18.5 Å². The molecule has 0 saturated carbocycles. The standard InChI is InChI=1S/C11H9F7O2/c1-20-6-4-2-3-5(7(6)12)8(19)9(10(13,14)15)11(16,17)18/h2-4,8-9,19H,1H3. The predicted octanol–water partition coefficient (Wildman–Crippen LogP) is 3.61. The molecule has 1 aromatic rings. The molecule has 0 fully saturated rings. The number of rotatable bonds is 3. The fourth-order valence-electron chi connectivity index (χ4n) is 1.64. The van der Waals surface area contributed by atoms with Gasteiger partial charge >= 0.3 is 12.4 Å². The molecule has 0 aliphatic heterocycles. The summed E-state index contributed by atoms with van der Waals surface area (Å²) in [6.07, 6.45) is -14.7. The van der Waals surface area contributed by atoms with E-state index in [1.165, 1.54) is 0 Å². The van der Waals surface area contributed by atoms with Gasteiger partial charge in [0, 0.05) is 5.56 Å². The summed E-state index contributed by atoms with van der Waals surface area (Å²) in [4.78, 5) is 0. The van der Waals surface area contributed by atoms with Gasteiger partial charge in [-0.1, -0.05) is 12.1 Å². The molecule has 1 N–H and O–H groups in total. The SMILES string of the molecule is COc1cccc(C(O)C(C(F)(F)F)C(F)(F)F)c1F. The van der Waals surface area contributed by atoms with Gasteiger partial charge in [0.2, 0.25) is 0 Å². The van der Waals surface area contributed by atoms with Crippen molar-refractivity contribution in [1.29, 1.82) is 0 Å². The van der Waals surface area contributed by atoms with E-state index in [2.05, 4.69) is 4.74 Å². The maximum atomic E-state index is 13.6. The zero-order valence-electron chi connectivity index (χ0n) is 9.89. The zero-order chi connectivity index (χ0) is 15.7. The van der Waals surface area contributed by atoms with Crippen LogP contribution in [0.5, 0.6) is 5.75 Å². The van der Waals surface area contributed by atoms with E-state index in [9.17, 15) is 35.8 Å². The number of benzene rings is 1. The minimum atomic E-state index is -5.77. The molecule has 9 heteroatoms. The van der Waals surface area contributed by atoms with Crippen LogP contribution in [0.3, 0.4) is 0 Å². The van der Waals surface area contributed by atoms with Crippen LogP contribution in [0, 0.1) is 11.7 Å². The minimum Gasteiger partial charge on any atom is -0.494 e. The molecule has 0 spiro atoms. The van der Waals surface area contributed by atoms with Gasteiger partial charge in [-0.2, -0.15) is 26.3 Å². The third kappa shape index (κ3) is 3.33. The molecule has 20 heavy (non-hydrogen) atoms. The summed E-state index contributed by atoms with van der Waals surface area (Å²) in [5.41, 5.74) is -1.14. The van der Waals surface area contributed by atoms with Crippen LogP contribution in [-0.4, -0.2) is 24.6 Å². The smallest absolute Gasteiger partial charge is 0.403 e. The predicted molar refractivity (Wildman–Crippen MR) is 53.5 cm³/mol. The van der Waals surface area contributed by atoms with E-state index >= 15 is 0 Å². The van der Waals surface area contributed by atoms with Gasteiger partial charge in [0.15, 0.2) is 17.5 Å². The number of halogens is 7. The molecule has 0 amide bonds. The van der Waals surface area contributed by atoms with Crippen molar-refractivity contribution in [3.05, 3.63) is 29.6 Å². The molecular formula is C11H9F7O2. The van der Waals surface area contributed by atoms with Crippen LogP contribution >= 0.6 is 0 Å². The lowest BCUT2D eigenvalue weighted by molar-refractivity contribution is -0.307. The minimum absolute atomic E-state index is 0.565. The third-order valence-electron chi connectivity index (χ3n) is 2.55. The van der Waals surface area contributed by atoms with Gasteiger partial charge in [0.25, 0.3) is 0 Å². The van der Waals surface area contributed by atoms with Crippen LogP contribution in [0.25, 0.3) is 0 Å². The number of methoxy groups -OCH3 is 1. The topological polar surface area (TPSA) is 29.5 Å². The second-order valence-corrected chi connectivity index (χ2v) is 3.87. The lowest BCUT2D eigenvalue weighted by Gasteiger charge is -2.27. The third-order valence-corrected chi connectivity index (χ3v) is 2.55. The van der Waals surface area contributed by atoms with E-state index in [1.54, 1.807) is 0 Å². The van der Waals surface area contributed by atoms with Gasteiger partial charge in [-0.05, 0) is 6.07 Å². The maximum absolute atomic E-state index is 13.6. The van der Waals surface area contributed by atoms with E-state index < -0.39 is 41.5 Å². The monoisotopic (exact) mass is 306 g/mol. The molecule has 1 unspecified atom stereocenters. The Morgan fingerprint density at radius 3 is 1.95 bits per heavy atom. The van der Waals surface area contributed by atoms with Crippen LogP contribution in [-0.2, 0) is 0 Å². The molecule has 114 valence electrons. The Morgan fingerprint density at radius 1 is 1.05 bits per heavy atom. The lowest BCUT2D eigenvalue weighted by atomic mass is 9.94. The van der Waals surface area contributed by atoms with E-state index in [0.29, 0.717) is 6.07 Å². The van der Waals surface area contributed by atoms with E-state index in [1.807, 2.05) is 0 Å². The second-order valence-electron chi connectivity index (χ2n) is 3.87. The summed E-state index contributed by atoms with van der Waals surface area (Å²) in [7, 11) is 0.986. The Balaban J connectivity index is 3.30. The number of hydrogen-bond acceptors (Lipinski definition) is 2. The van der Waals surface area contributed by atoms with Crippen LogP contribution in [0.2, 0.25) is 0 Å². The van der Waals surface area contributed by atoms with Crippen molar-refractivity contribution in [3.63, 3.8) is 0 Å². The van der Waals surface area contributed by atoms with Crippen LogP contribution in [0.4, 0.5) is 30.7 Å². The van der Waals surface area contributed by atoms with Gasteiger partial charge in [0.1, 0.15) is 6.10 Å². The normalized spacial score (nSPS) is 14.5. The highest BCUT2D eigenvalue weighted by atomic mass is 19.4. The zero-order valence-corrected chi connectivity index (χ0v) is 9.89. The van der Waals surface area contributed by atoms with Crippen molar-refractivity contribution in [2.24, 2.45) is 5.92 Å². The molecule has 1 aromatic carbocycles. The van der Waals surface area contributed by atoms with Gasteiger partial charge in [0.05, 0.1) is 7.11 Å². The maximum Gasteiger partial charge on any atom is 0.403 e. The Labute approximate surface area is 108 Å². The molecule has 0 radical (unpaired) electrons. The van der Waals surface area contributed by atoms with E-state index in [0.717, 1.165) is 19.2 Å². The highest BCUT2D eigenvalue weighted by molar-refractivity contribution is 5.33. The van der Waals surface area contributed by atoms with Gasteiger partial charge in [-0.3, -0.25) is 0 Å². The summed E-state index contributed by atoms with van der Waals surface area (Å²) < 4.78 is 92.7. The molecule has 2 nitrogen and oxygen atoms in total. The first-order valence-electron chi connectivity index (χ1n) is 5.14. The molecule has 0 heterocycles. The molecule has 0 aliphatic carbocycles. The molecule has 0 aromatic heterocycles. The number of aliphatic hydroxyl groups excluding tert-OH is 1. The molecule has 0 aliphatic rings. The Bertz CT molecular complexity index is 453. The van der Waals surface area contributed by atoms with Crippen molar-refractivity contribution >= 4 is 0 Å². The largest absolute Gasteiger partial charge is 0.494 e. The van der Waals surface area contributed by atoms with Crippen molar-refractivity contribution in [1.82, 2.24) is 0 Å². The Hall–Kier alpha value is -1.51. The van der Waals surface area contributed by atoms with Crippen molar-refractivity contribution < 1.29 is 40.6 Å². The Morgan fingerprint density at radius 2 is 1.55 bits per heavy atom. The fraction of sp³-hybridized carbons (Fsp3) is 0.455. The van der Waals surface area contributed by atoms with Crippen LogP contribution < -0.4 is 4.74 Å². The molecule has 1 atom stereocenters. The van der Waals surface area contributed by atoms with Crippen LogP contribution in [0.15, 0.2) is 18.2 Å². The highest BCUT2D eigenvalue weighted by Gasteiger charge is 2.60. The highest BCUT2D eigenvalue weighted by Crippen LogP contribution is 2.47. The van der Waals surface area contributed by atoms with Gasteiger partial charge in [-0.25, -0.2) is 4.39 Å². The molecular weight excluding hydrogens is 297 g/mol. The summed E-state index contributed by atoms with van der Waals surface area (Å²) in [5.74, 6) is -6.12. The summed E-state index contributed by atoms with van der Waals surface area (Å²) in [6.45, 7) is 0. The number of aliphatic hydroxyl groups is 1. The average molecular weight is 306 g/mol. The van der Waals surface area contributed by atoms with E-state index in [-0.39, 0.29) is 0 Å². The summed E-state index contributed by atoms with van der Waals surface area (Å²) in [6, 6.07) is 2.61. The van der Waals surface area contributed by atoms with Gasteiger partial charge < -0.3 is 9.84 Å². The summed E-state index contributed by atoms with van der Waals surface area (Å²) in [5, 5.41) is 9.32. The number of hydrogen-bond donors (Lipinski definition) is 1. The molecule has 1 rings (SSSR count). The fourth-order valence-corrected chi connectivity index (χ4v) is 1.64. The van der Waals surface area contributed by atoms with Crippen molar-refractivity contribution in [2.75, 3.05) is 7.11 Å². The first-order valence-corrected chi connectivity index (χ1v) is 5.14. The lowest BCUT2D eigenvalue weighted by Crippen LogP contribution is -2.41.